The van der Waals surface area contributed by atoms with Gasteiger partial charge in [-0.25, -0.2) is 0 Å². The highest BCUT2D eigenvalue weighted by Crippen LogP contribution is 2.23. The van der Waals surface area contributed by atoms with Gasteiger partial charge in [0, 0.05) is 5.56 Å². The van der Waals surface area contributed by atoms with E-state index in [1.165, 1.54) is 12.3 Å². The minimum atomic E-state index is -0.371. The summed E-state index contributed by atoms with van der Waals surface area (Å²) in [7, 11) is 0. The van der Waals surface area contributed by atoms with Gasteiger partial charge in [0.2, 0.25) is 0 Å². The molecule has 0 atom stereocenters. The van der Waals surface area contributed by atoms with E-state index in [1.807, 2.05) is 6.07 Å². The van der Waals surface area contributed by atoms with E-state index in [9.17, 15) is 4.79 Å². The van der Waals surface area contributed by atoms with Gasteiger partial charge in [0.05, 0.1) is 28.6 Å². The minimum Gasteiger partial charge on any atom is -0.459 e. The van der Waals surface area contributed by atoms with Crippen LogP contribution < -0.4 is 5.32 Å². The van der Waals surface area contributed by atoms with Crippen molar-refractivity contribution < 1.29 is 9.21 Å². The fourth-order valence-corrected chi connectivity index (χ4v) is 1.70. The number of furan rings is 1. The van der Waals surface area contributed by atoms with Crippen LogP contribution in [0.1, 0.15) is 21.7 Å². The molecule has 0 bridgehead atoms. The molecule has 0 saturated carbocycles. The van der Waals surface area contributed by atoms with E-state index < -0.39 is 0 Å². The minimum absolute atomic E-state index is 0.246. The van der Waals surface area contributed by atoms with E-state index in [4.69, 9.17) is 21.3 Å². The zero-order chi connectivity index (χ0) is 13.1. The third-order valence-electron chi connectivity index (χ3n) is 2.41. The highest BCUT2D eigenvalue weighted by atomic mass is 35.5. The Morgan fingerprint density at radius 2 is 2.22 bits per heavy atom. The smallest absolute Gasteiger partial charge is 0.291 e. The summed E-state index contributed by atoms with van der Waals surface area (Å²) in [5.41, 5.74) is 1.63. The lowest BCUT2D eigenvalue weighted by Crippen LogP contribution is -2.12. The Kier molecular flexibility index (Phi) is 3.35. The maximum absolute atomic E-state index is 11.9. The zero-order valence-corrected chi connectivity index (χ0v) is 10.3. The van der Waals surface area contributed by atoms with Gasteiger partial charge in [0.15, 0.2) is 5.76 Å². The molecule has 1 N–H and O–H groups in total. The first-order valence-corrected chi connectivity index (χ1v) is 5.54. The number of carbonyl (C=O) groups excluding carboxylic acids is 1. The molecule has 1 aromatic carbocycles. The monoisotopic (exact) mass is 260 g/mol. The summed E-state index contributed by atoms with van der Waals surface area (Å²) in [4.78, 5) is 11.9. The fourth-order valence-electron chi connectivity index (χ4n) is 1.47. The molecular formula is C13H9ClN2O2. The Hall–Kier alpha value is -2.25. The number of nitriles is 1. The molecule has 1 aromatic heterocycles. The number of hydrogen-bond acceptors (Lipinski definition) is 3. The average molecular weight is 261 g/mol. The van der Waals surface area contributed by atoms with Crippen LogP contribution in [0, 0.1) is 18.3 Å². The highest BCUT2D eigenvalue weighted by molar-refractivity contribution is 6.34. The first-order valence-electron chi connectivity index (χ1n) is 5.17. The summed E-state index contributed by atoms with van der Waals surface area (Å²) in [5, 5.41) is 11.7. The SMILES string of the molecule is Cc1ccoc1C(=O)Nc1ccc(C#N)cc1Cl. The number of nitrogens with one attached hydrogen (secondary N) is 1. The highest BCUT2D eigenvalue weighted by Gasteiger charge is 2.14. The number of halogens is 1. The molecule has 0 radical (unpaired) electrons. The van der Waals surface area contributed by atoms with Crippen LogP contribution in [0.2, 0.25) is 5.02 Å². The standard InChI is InChI=1S/C13H9ClN2O2/c1-8-4-5-18-12(8)13(17)16-11-3-2-9(7-15)6-10(11)14/h2-6H,1H3,(H,16,17). The van der Waals surface area contributed by atoms with E-state index in [0.717, 1.165) is 5.56 Å². The maximum atomic E-state index is 11.9. The van der Waals surface area contributed by atoms with Crippen LogP contribution in [0.25, 0.3) is 0 Å². The van der Waals surface area contributed by atoms with E-state index in [0.29, 0.717) is 16.3 Å². The molecule has 4 nitrogen and oxygen atoms in total. The predicted octanol–water partition coefficient (Wildman–Crippen LogP) is 3.37. The van der Waals surface area contributed by atoms with Crippen molar-refractivity contribution in [1.82, 2.24) is 0 Å². The van der Waals surface area contributed by atoms with E-state index >= 15 is 0 Å². The van der Waals surface area contributed by atoms with Crippen molar-refractivity contribution in [2.75, 3.05) is 5.32 Å². The molecule has 0 unspecified atom stereocenters. The molecule has 0 aliphatic heterocycles. The van der Waals surface area contributed by atoms with E-state index in [1.54, 1.807) is 25.1 Å². The number of aryl methyl sites for hydroxylation is 1. The molecule has 1 heterocycles. The number of carbonyl (C=O) groups is 1. The Labute approximate surface area is 109 Å². The summed E-state index contributed by atoms with van der Waals surface area (Å²) in [6.45, 7) is 1.78. The quantitative estimate of drug-likeness (QED) is 0.900. The maximum Gasteiger partial charge on any atom is 0.291 e. The van der Waals surface area contributed by atoms with Gasteiger partial charge < -0.3 is 9.73 Å². The van der Waals surface area contributed by atoms with Gasteiger partial charge in [0.1, 0.15) is 0 Å². The molecule has 90 valence electrons. The van der Waals surface area contributed by atoms with Gasteiger partial charge >= 0.3 is 0 Å². The summed E-state index contributed by atoms with van der Waals surface area (Å²) < 4.78 is 5.08. The first-order chi connectivity index (χ1) is 8.61. The van der Waals surface area contributed by atoms with E-state index in [-0.39, 0.29) is 11.7 Å². The van der Waals surface area contributed by atoms with Crippen molar-refractivity contribution >= 4 is 23.2 Å². The second kappa shape index (κ2) is 4.94. The summed E-state index contributed by atoms with van der Waals surface area (Å²) >= 11 is 5.96. The van der Waals surface area contributed by atoms with Crippen LogP contribution >= 0.6 is 11.6 Å². The second-order valence-electron chi connectivity index (χ2n) is 3.69. The Morgan fingerprint density at radius 3 is 2.78 bits per heavy atom. The summed E-state index contributed by atoms with van der Waals surface area (Å²) in [6, 6.07) is 8.33. The van der Waals surface area contributed by atoms with Gasteiger partial charge in [-0.15, -0.1) is 0 Å². The van der Waals surface area contributed by atoms with Gasteiger partial charge in [-0.2, -0.15) is 5.26 Å². The molecule has 1 amide bonds. The van der Waals surface area contributed by atoms with Gasteiger partial charge in [0.25, 0.3) is 5.91 Å². The number of hydrogen-bond donors (Lipinski definition) is 1. The van der Waals surface area contributed by atoms with Crippen LogP contribution in [0.15, 0.2) is 34.9 Å². The normalized spacial score (nSPS) is 9.83. The topological polar surface area (TPSA) is 66.0 Å². The number of benzene rings is 1. The third kappa shape index (κ3) is 2.36. The first kappa shape index (κ1) is 12.2. The lowest BCUT2D eigenvalue weighted by Gasteiger charge is -2.06. The predicted molar refractivity (Wildman–Crippen MR) is 67.6 cm³/mol. The molecule has 5 heteroatoms. The molecule has 0 aliphatic carbocycles. The Balaban J connectivity index is 2.23. The van der Waals surface area contributed by atoms with Crippen molar-refractivity contribution in [3.05, 3.63) is 52.4 Å². The van der Waals surface area contributed by atoms with Gasteiger partial charge in [-0.05, 0) is 31.2 Å². The van der Waals surface area contributed by atoms with Crippen molar-refractivity contribution in [3.8, 4) is 6.07 Å². The van der Waals surface area contributed by atoms with Crippen LogP contribution in [0.4, 0.5) is 5.69 Å². The van der Waals surface area contributed by atoms with Gasteiger partial charge in [-0.3, -0.25) is 4.79 Å². The number of nitrogens with zero attached hydrogens (tertiary/aromatic N) is 1. The van der Waals surface area contributed by atoms with Crippen molar-refractivity contribution in [2.45, 2.75) is 6.92 Å². The molecule has 0 aliphatic rings. The molecular weight excluding hydrogens is 252 g/mol. The fraction of sp³-hybridized carbons (Fsp3) is 0.0769. The Bertz CT molecular complexity index is 641. The van der Waals surface area contributed by atoms with Crippen LogP contribution in [-0.4, -0.2) is 5.91 Å². The molecule has 0 spiro atoms. The van der Waals surface area contributed by atoms with Crippen LogP contribution in [0.5, 0.6) is 0 Å². The van der Waals surface area contributed by atoms with Crippen LogP contribution in [0.3, 0.4) is 0 Å². The summed E-state index contributed by atoms with van der Waals surface area (Å²) in [6.07, 6.45) is 1.45. The molecule has 2 aromatic rings. The molecule has 0 saturated heterocycles. The van der Waals surface area contributed by atoms with E-state index in [2.05, 4.69) is 5.32 Å². The molecule has 2 rings (SSSR count). The number of rotatable bonds is 2. The third-order valence-corrected chi connectivity index (χ3v) is 2.73. The average Bonchev–Trinajstić information content (AvgIpc) is 2.78. The van der Waals surface area contributed by atoms with Gasteiger partial charge in [-0.1, -0.05) is 11.6 Å². The largest absolute Gasteiger partial charge is 0.459 e. The van der Waals surface area contributed by atoms with Crippen molar-refractivity contribution in [3.63, 3.8) is 0 Å². The molecule has 18 heavy (non-hydrogen) atoms. The van der Waals surface area contributed by atoms with Crippen LogP contribution in [-0.2, 0) is 0 Å². The van der Waals surface area contributed by atoms with Crippen molar-refractivity contribution in [2.24, 2.45) is 0 Å². The second-order valence-corrected chi connectivity index (χ2v) is 4.10. The van der Waals surface area contributed by atoms with Crippen molar-refractivity contribution in [1.29, 1.82) is 5.26 Å². The Morgan fingerprint density at radius 1 is 1.44 bits per heavy atom. The summed E-state index contributed by atoms with van der Waals surface area (Å²) in [5.74, 6) is -0.125. The zero-order valence-electron chi connectivity index (χ0n) is 9.53. The lowest BCUT2D eigenvalue weighted by atomic mass is 10.2. The molecule has 0 fully saturated rings. The lowest BCUT2D eigenvalue weighted by molar-refractivity contribution is 0.0996. The number of amides is 1. The number of anilines is 1.